The van der Waals surface area contributed by atoms with Gasteiger partial charge in [-0.05, 0) is 44.4 Å². The molecule has 0 radical (unpaired) electrons. The summed E-state index contributed by atoms with van der Waals surface area (Å²) in [7, 11) is 0. The predicted octanol–water partition coefficient (Wildman–Crippen LogP) is 2.90. The van der Waals surface area contributed by atoms with E-state index in [2.05, 4.69) is 24.5 Å². The first-order valence-corrected chi connectivity index (χ1v) is 7.57. The van der Waals surface area contributed by atoms with Gasteiger partial charge < -0.3 is 15.7 Å². The van der Waals surface area contributed by atoms with Crippen LogP contribution in [0, 0.1) is 5.41 Å². The van der Waals surface area contributed by atoms with Crippen molar-refractivity contribution in [3.63, 3.8) is 0 Å². The van der Waals surface area contributed by atoms with Crippen molar-refractivity contribution in [2.45, 2.75) is 77.8 Å². The first-order valence-electron chi connectivity index (χ1n) is 7.57. The van der Waals surface area contributed by atoms with Crippen molar-refractivity contribution in [1.82, 2.24) is 10.6 Å². The van der Waals surface area contributed by atoms with E-state index in [1.807, 2.05) is 6.92 Å². The smallest absolute Gasteiger partial charge is 0.315 e. The van der Waals surface area contributed by atoms with Crippen LogP contribution in [0.3, 0.4) is 0 Å². The van der Waals surface area contributed by atoms with Crippen molar-refractivity contribution in [3.8, 4) is 0 Å². The second kappa shape index (κ2) is 7.50. The Kier molecular flexibility index (Phi) is 6.30. The van der Waals surface area contributed by atoms with Gasteiger partial charge in [0.15, 0.2) is 0 Å². The Hall–Kier alpha value is -1.26. The Bertz CT molecular complexity index is 342. The lowest BCUT2D eigenvalue weighted by atomic mass is 9.75. The molecule has 5 heteroatoms. The van der Waals surface area contributed by atoms with Crippen LogP contribution in [0.1, 0.15) is 65.7 Å². The summed E-state index contributed by atoms with van der Waals surface area (Å²) in [6.45, 7) is 6.40. The molecule has 116 valence electrons. The highest BCUT2D eigenvalue weighted by molar-refractivity contribution is 5.74. The summed E-state index contributed by atoms with van der Waals surface area (Å²) in [4.78, 5) is 22.3. The van der Waals surface area contributed by atoms with Crippen molar-refractivity contribution < 1.29 is 14.7 Å². The average molecular weight is 284 g/mol. The maximum Gasteiger partial charge on any atom is 0.315 e. The van der Waals surface area contributed by atoms with Crippen LogP contribution >= 0.6 is 0 Å². The number of hydrogen-bond donors (Lipinski definition) is 3. The molecule has 2 atom stereocenters. The molecule has 1 aliphatic carbocycles. The Morgan fingerprint density at radius 1 is 1.40 bits per heavy atom. The van der Waals surface area contributed by atoms with Crippen molar-refractivity contribution in [2.75, 3.05) is 0 Å². The highest BCUT2D eigenvalue weighted by Gasteiger charge is 2.28. The van der Waals surface area contributed by atoms with E-state index in [0.29, 0.717) is 18.3 Å². The molecule has 0 aromatic carbocycles. The molecule has 1 fully saturated rings. The maximum atomic E-state index is 11.9. The van der Waals surface area contributed by atoms with Crippen molar-refractivity contribution >= 4 is 12.0 Å². The minimum Gasteiger partial charge on any atom is -0.481 e. The fraction of sp³-hybridized carbons (Fsp3) is 0.867. The molecule has 2 amide bonds. The molecule has 0 aliphatic heterocycles. The number of carboxylic acid groups (broad SMARTS) is 1. The molecule has 5 nitrogen and oxygen atoms in total. The Morgan fingerprint density at radius 3 is 2.70 bits per heavy atom. The summed E-state index contributed by atoms with van der Waals surface area (Å²) >= 11 is 0. The lowest BCUT2D eigenvalue weighted by Crippen LogP contribution is -2.47. The van der Waals surface area contributed by atoms with Crippen LogP contribution in [-0.4, -0.2) is 29.2 Å². The predicted molar refractivity (Wildman–Crippen MR) is 78.7 cm³/mol. The highest BCUT2D eigenvalue weighted by Crippen LogP contribution is 2.34. The third kappa shape index (κ3) is 6.78. The molecule has 2 unspecified atom stereocenters. The SMILES string of the molecule is CC(CCCC(=O)O)NC(=O)NC1CCCC(C)(C)C1. The summed E-state index contributed by atoms with van der Waals surface area (Å²) < 4.78 is 0. The number of hydrogen-bond acceptors (Lipinski definition) is 2. The average Bonchev–Trinajstić information content (AvgIpc) is 2.26. The van der Waals surface area contributed by atoms with Gasteiger partial charge in [0, 0.05) is 18.5 Å². The molecule has 0 saturated heterocycles. The molecule has 1 aliphatic rings. The largest absolute Gasteiger partial charge is 0.481 e. The summed E-state index contributed by atoms with van der Waals surface area (Å²) in [6.07, 6.45) is 5.89. The molecule has 0 aromatic heterocycles. The van der Waals surface area contributed by atoms with E-state index in [1.54, 1.807) is 0 Å². The molecule has 1 rings (SSSR count). The fourth-order valence-electron chi connectivity index (χ4n) is 2.90. The number of urea groups is 1. The van der Waals surface area contributed by atoms with E-state index in [9.17, 15) is 9.59 Å². The lowest BCUT2D eigenvalue weighted by Gasteiger charge is -2.35. The van der Waals surface area contributed by atoms with Crippen LogP contribution in [-0.2, 0) is 4.79 Å². The maximum absolute atomic E-state index is 11.9. The Labute approximate surface area is 121 Å². The third-order valence-corrected chi connectivity index (χ3v) is 3.95. The Balaban J connectivity index is 2.23. The number of amides is 2. The number of aliphatic carboxylic acids is 1. The molecule has 0 spiro atoms. The molecule has 0 aromatic rings. The standard InChI is InChI=1S/C15H28N2O3/c1-11(6-4-8-13(18)19)16-14(20)17-12-7-5-9-15(2,3)10-12/h11-12H,4-10H2,1-3H3,(H,18,19)(H2,16,17,20). The summed E-state index contributed by atoms with van der Waals surface area (Å²) in [5.74, 6) is -0.786. The topological polar surface area (TPSA) is 78.4 Å². The number of rotatable bonds is 6. The van der Waals surface area contributed by atoms with Gasteiger partial charge in [0.05, 0.1) is 0 Å². The quantitative estimate of drug-likeness (QED) is 0.701. The van der Waals surface area contributed by atoms with Gasteiger partial charge in [0.1, 0.15) is 0 Å². The van der Waals surface area contributed by atoms with E-state index >= 15 is 0 Å². The molecule has 0 bridgehead atoms. The summed E-state index contributed by atoms with van der Waals surface area (Å²) in [5.41, 5.74) is 0.309. The van der Waals surface area contributed by atoms with E-state index < -0.39 is 5.97 Å². The van der Waals surface area contributed by atoms with Gasteiger partial charge in [-0.3, -0.25) is 4.79 Å². The first-order chi connectivity index (χ1) is 9.28. The molecular formula is C15H28N2O3. The summed E-state index contributed by atoms with van der Waals surface area (Å²) in [5, 5.41) is 14.5. The number of carbonyl (C=O) groups is 2. The molecule has 1 saturated carbocycles. The van der Waals surface area contributed by atoms with E-state index in [0.717, 1.165) is 19.3 Å². The molecule has 3 N–H and O–H groups in total. The molecular weight excluding hydrogens is 256 g/mol. The van der Waals surface area contributed by atoms with Crippen molar-refractivity contribution in [3.05, 3.63) is 0 Å². The van der Waals surface area contributed by atoms with Crippen LogP contribution in [0.4, 0.5) is 4.79 Å². The van der Waals surface area contributed by atoms with E-state index in [-0.39, 0.29) is 24.5 Å². The minimum atomic E-state index is -0.786. The van der Waals surface area contributed by atoms with Crippen LogP contribution in [0.5, 0.6) is 0 Å². The van der Waals surface area contributed by atoms with E-state index in [4.69, 9.17) is 5.11 Å². The lowest BCUT2D eigenvalue weighted by molar-refractivity contribution is -0.137. The van der Waals surface area contributed by atoms with Crippen LogP contribution in [0.15, 0.2) is 0 Å². The zero-order chi connectivity index (χ0) is 15.2. The van der Waals surface area contributed by atoms with Crippen LogP contribution in [0.2, 0.25) is 0 Å². The molecule has 20 heavy (non-hydrogen) atoms. The first kappa shape index (κ1) is 16.8. The van der Waals surface area contributed by atoms with Crippen molar-refractivity contribution in [2.24, 2.45) is 5.41 Å². The van der Waals surface area contributed by atoms with Gasteiger partial charge in [-0.1, -0.05) is 20.3 Å². The second-order valence-corrected chi connectivity index (χ2v) is 6.76. The monoisotopic (exact) mass is 284 g/mol. The van der Waals surface area contributed by atoms with Gasteiger partial charge in [-0.15, -0.1) is 0 Å². The normalized spacial score (nSPS) is 22.9. The third-order valence-electron chi connectivity index (χ3n) is 3.95. The number of carboxylic acids is 1. The molecule has 0 heterocycles. The van der Waals surface area contributed by atoms with Gasteiger partial charge in [0.2, 0.25) is 0 Å². The van der Waals surface area contributed by atoms with Crippen LogP contribution in [0.25, 0.3) is 0 Å². The van der Waals surface area contributed by atoms with E-state index in [1.165, 1.54) is 6.42 Å². The zero-order valence-electron chi connectivity index (χ0n) is 12.9. The van der Waals surface area contributed by atoms with Crippen molar-refractivity contribution in [1.29, 1.82) is 0 Å². The zero-order valence-corrected chi connectivity index (χ0v) is 12.9. The van der Waals surface area contributed by atoms with Gasteiger partial charge in [0.25, 0.3) is 0 Å². The number of carbonyl (C=O) groups excluding carboxylic acids is 1. The highest BCUT2D eigenvalue weighted by atomic mass is 16.4. The second-order valence-electron chi connectivity index (χ2n) is 6.76. The fourth-order valence-corrected chi connectivity index (χ4v) is 2.90. The Morgan fingerprint density at radius 2 is 2.10 bits per heavy atom. The number of nitrogens with one attached hydrogen (secondary N) is 2. The van der Waals surface area contributed by atoms with Gasteiger partial charge in [-0.2, -0.15) is 0 Å². The van der Waals surface area contributed by atoms with Gasteiger partial charge >= 0.3 is 12.0 Å². The van der Waals surface area contributed by atoms with Crippen LogP contribution < -0.4 is 10.6 Å². The summed E-state index contributed by atoms with van der Waals surface area (Å²) in [6, 6.07) is 0.131. The minimum absolute atomic E-state index is 0.00551. The van der Waals surface area contributed by atoms with Gasteiger partial charge in [-0.25, -0.2) is 4.79 Å².